The number of halogens is 1. The number of likely N-dealkylation sites (N-methyl/N-ethyl adjacent to an activating group) is 1. The molecule has 4 nitrogen and oxygen atoms in total. The smallest absolute Gasteiger partial charge is 0.257 e. The summed E-state index contributed by atoms with van der Waals surface area (Å²) in [7, 11) is 1.49. The molecule has 0 aromatic heterocycles. The van der Waals surface area contributed by atoms with Gasteiger partial charge in [-0.2, -0.15) is 0 Å². The first-order valence-corrected chi connectivity index (χ1v) is 4.99. The number of nitrogens with two attached hydrogens (primary N) is 1. The normalized spacial score (nSPS) is 9.94. The van der Waals surface area contributed by atoms with E-state index in [1.165, 1.54) is 19.2 Å². The number of ether oxygens (including phenoxy) is 1. The minimum absolute atomic E-state index is 0.0735. The molecule has 0 saturated heterocycles. The SMILES string of the molecule is CNC(=O)COc1ccc(CCN)cc1F. The molecule has 3 N–H and O–H groups in total. The van der Waals surface area contributed by atoms with E-state index in [1.807, 2.05) is 0 Å². The summed E-state index contributed by atoms with van der Waals surface area (Å²) < 4.78 is 18.4. The Morgan fingerprint density at radius 3 is 2.88 bits per heavy atom. The molecule has 0 aliphatic carbocycles. The largest absolute Gasteiger partial charge is 0.481 e. The third-order valence-corrected chi connectivity index (χ3v) is 2.07. The molecule has 16 heavy (non-hydrogen) atoms. The molecule has 0 unspecified atom stereocenters. The molecule has 1 amide bonds. The first-order valence-electron chi connectivity index (χ1n) is 4.99. The third kappa shape index (κ3) is 3.51. The molecule has 1 aromatic carbocycles. The molecule has 5 heteroatoms. The quantitative estimate of drug-likeness (QED) is 0.766. The van der Waals surface area contributed by atoms with Crippen molar-refractivity contribution in [1.29, 1.82) is 0 Å². The molecular weight excluding hydrogens is 211 g/mol. The number of hydrogen-bond acceptors (Lipinski definition) is 3. The van der Waals surface area contributed by atoms with Crippen molar-refractivity contribution < 1.29 is 13.9 Å². The maximum Gasteiger partial charge on any atom is 0.257 e. The number of rotatable bonds is 5. The van der Waals surface area contributed by atoms with Crippen LogP contribution < -0.4 is 15.8 Å². The molecule has 0 fully saturated rings. The van der Waals surface area contributed by atoms with Crippen LogP contribution in [0.5, 0.6) is 5.75 Å². The maximum absolute atomic E-state index is 13.4. The number of carbonyl (C=O) groups excluding carboxylic acids is 1. The van der Waals surface area contributed by atoms with Crippen LogP contribution in [-0.2, 0) is 11.2 Å². The molecule has 0 atom stereocenters. The van der Waals surface area contributed by atoms with Gasteiger partial charge in [0.15, 0.2) is 18.2 Å². The third-order valence-electron chi connectivity index (χ3n) is 2.07. The Morgan fingerprint density at radius 1 is 1.56 bits per heavy atom. The number of hydrogen-bond donors (Lipinski definition) is 2. The molecule has 0 saturated carbocycles. The van der Waals surface area contributed by atoms with Gasteiger partial charge in [0.05, 0.1) is 0 Å². The average Bonchev–Trinajstić information content (AvgIpc) is 2.28. The lowest BCUT2D eigenvalue weighted by atomic mass is 10.1. The second-order valence-electron chi connectivity index (χ2n) is 3.27. The number of carbonyl (C=O) groups is 1. The molecule has 0 spiro atoms. The molecule has 1 rings (SSSR count). The highest BCUT2D eigenvalue weighted by Crippen LogP contribution is 2.18. The summed E-state index contributed by atoms with van der Waals surface area (Å²) in [5.41, 5.74) is 6.17. The van der Waals surface area contributed by atoms with E-state index in [0.29, 0.717) is 13.0 Å². The molecule has 0 heterocycles. The van der Waals surface area contributed by atoms with Crippen molar-refractivity contribution in [3.63, 3.8) is 0 Å². The van der Waals surface area contributed by atoms with E-state index in [9.17, 15) is 9.18 Å². The van der Waals surface area contributed by atoms with Crippen molar-refractivity contribution in [3.8, 4) is 5.75 Å². The molecule has 88 valence electrons. The molecule has 0 aliphatic heterocycles. The predicted molar refractivity (Wildman–Crippen MR) is 58.7 cm³/mol. The Morgan fingerprint density at radius 2 is 2.31 bits per heavy atom. The fourth-order valence-corrected chi connectivity index (χ4v) is 1.20. The standard InChI is InChI=1S/C11H15FN2O2/c1-14-11(15)7-16-10-3-2-8(4-5-13)6-9(10)12/h2-3,6H,4-5,7,13H2,1H3,(H,14,15). The van der Waals surface area contributed by atoms with Crippen molar-refractivity contribution in [2.45, 2.75) is 6.42 Å². The summed E-state index contributed by atoms with van der Waals surface area (Å²) in [6, 6.07) is 4.60. The monoisotopic (exact) mass is 226 g/mol. The Kier molecular flexibility index (Phi) is 4.72. The van der Waals surface area contributed by atoms with E-state index in [1.54, 1.807) is 6.07 Å². The number of nitrogens with one attached hydrogen (secondary N) is 1. The molecule has 0 radical (unpaired) electrons. The highest BCUT2D eigenvalue weighted by Gasteiger charge is 2.06. The van der Waals surface area contributed by atoms with E-state index in [0.717, 1.165) is 5.56 Å². The summed E-state index contributed by atoms with van der Waals surface area (Å²) in [5.74, 6) is -0.704. The minimum atomic E-state index is -0.477. The van der Waals surface area contributed by atoms with Crippen molar-refractivity contribution in [1.82, 2.24) is 5.32 Å². The summed E-state index contributed by atoms with van der Waals surface area (Å²) in [6.07, 6.45) is 0.618. The first kappa shape index (κ1) is 12.4. The van der Waals surface area contributed by atoms with E-state index >= 15 is 0 Å². The first-order chi connectivity index (χ1) is 7.67. The zero-order chi connectivity index (χ0) is 12.0. The van der Waals surface area contributed by atoms with Crippen LogP contribution in [0.1, 0.15) is 5.56 Å². The van der Waals surface area contributed by atoms with Crippen LogP contribution in [0.4, 0.5) is 4.39 Å². The van der Waals surface area contributed by atoms with Crippen LogP contribution in [0, 0.1) is 5.82 Å². The fraction of sp³-hybridized carbons (Fsp3) is 0.364. The van der Waals surface area contributed by atoms with E-state index < -0.39 is 5.82 Å². The van der Waals surface area contributed by atoms with Crippen LogP contribution >= 0.6 is 0 Å². The zero-order valence-electron chi connectivity index (χ0n) is 9.13. The van der Waals surface area contributed by atoms with Crippen LogP contribution in [0.15, 0.2) is 18.2 Å². The van der Waals surface area contributed by atoms with Gasteiger partial charge in [-0.05, 0) is 30.7 Å². The second-order valence-corrected chi connectivity index (χ2v) is 3.27. The number of amides is 1. The highest BCUT2D eigenvalue weighted by atomic mass is 19.1. The van der Waals surface area contributed by atoms with Gasteiger partial charge in [0.1, 0.15) is 0 Å². The minimum Gasteiger partial charge on any atom is -0.481 e. The van der Waals surface area contributed by atoms with E-state index in [2.05, 4.69) is 5.32 Å². The Hall–Kier alpha value is -1.62. The summed E-state index contributed by atoms with van der Waals surface area (Å²) in [4.78, 5) is 10.9. The lowest BCUT2D eigenvalue weighted by Crippen LogP contribution is -2.25. The van der Waals surface area contributed by atoms with Crippen molar-refractivity contribution in [3.05, 3.63) is 29.6 Å². The van der Waals surface area contributed by atoms with Crippen LogP contribution in [0.25, 0.3) is 0 Å². The van der Waals surface area contributed by atoms with Gasteiger partial charge in [0.25, 0.3) is 5.91 Å². The Bertz CT molecular complexity index is 369. The fourth-order valence-electron chi connectivity index (χ4n) is 1.20. The van der Waals surface area contributed by atoms with Gasteiger partial charge in [-0.1, -0.05) is 6.07 Å². The lowest BCUT2D eigenvalue weighted by molar-refractivity contribution is -0.122. The maximum atomic E-state index is 13.4. The Labute approximate surface area is 93.6 Å². The average molecular weight is 226 g/mol. The van der Waals surface area contributed by atoms with Crippen LogP contribution in [0.2, 0.25) is 0 Å². The van der Waals surface area contributed by atoms with Gasteiger partial charge in [-0.25, -0.2) is 4.39 Å². The van der Waals surface area contributed by atoms with Crippen molar-refractivity contribution >= 4 is 5.91 Å². The van der Waals surface area contributed by atoms with Gasteiger partial charge in [-0.15, -0.1) is 0 Å². The highest BCUT2D eigenvalue weighted by molar-refractivity contribution is 5.77. The Balaban J connectivity index is 2.64. The molecular formula is C11H15FN2O2. The summed E-state index contributed by atoms with van der Waals surface area (Å²) in [6.45, 7) is 0.279. The van der Waals surface area contributed by atoms with Crippen LogP contribution in [0.3, 0.4) is 0 Å². The van der Waals surface area contributed by atoms with Gasteiger partial charge in [0, 0.05) is 7.05 Å². The van der Waals surface area contributed by atoms with Gasteiger partial charge >= 0.3 is 0 Å². The summed E-state index contributed by atoms with van der Waals surface area (Å²) in [5, 5.41) is 2.38. The topological polar surface area (TPSA) is 64.3 Å². The van der Waals surface area contributed by atoms with Crippen molar-refractivity contribution in [2.75, 3.05) is 20.2 Å². The van der Waals surface area contributed by atoms with Crippen molar-refractivity contribution in [2.24, 2.45) is 5.73 Å². The van der Waals surface area contributed by atoms with Gasteiger partial charge < -0.3 is 15.8 Å². The molecule has 0 bridgehead atoms. The molecule has 0 aliphatic rings. The summed E-state index contributed by atoms with van der Waals surface area (Å²) >= 11 is 0. The van der Waals surface area contributed by atoms with Gasteiger partial charge in [0.2, 0.25) is 0 Å². The van der Waals surface area contributed by atoms with Crippen LogP contribution in [-0.4, -0.2) is 26.1 Å². The van der Waals surface area contributed by atoms with E-state index in [4.69, 9.17) is 10.5 Å². The zero-order valence-corrected chi connectivity index (χ0v) is 9.13. The second kappa shape index (κ2) is 6.07. The van der Waals surface area contributed by atoms with E-state index in [-0.39, 0.29) is 18.3 Å². The lowest BCUT2D eigenvalue weighted by Gasteiger charge is -2.07. The molecule has 1 aromatic rings. The van der Waals surface area contributed by atoms with Gasteiger partial charge in [-0.3, -0.25) is 4.79 Å². The number of benzene rings is 1. The predicted octanol–water partition coefficient (Wildman–Crippen LogP) is 0.452.